The Morgan fingerprint density at radius 2 is 2.00 bits per heavy atom. The minimum Gasteiger partial charge on any atom is -0.379 e. The summed E-state index contributed by atoms with van der Waals surface area (Å²) in [7, 11) is 0. The number of benzene rings is 1. The highest BCUT2D eigenvalue weighted by Gasteiger charge is 2.17. The van der Waals surface area contributed by atoms with Crippen molar-refractivity contribution in [3.05, 3.63) is 33.6 Å². The molecule has 0 atom stereocenters. The summed E-state index contributed by atoms with van der Waals surface area (Å²) in [5.41, 5.74) is 0.714. The van der Waals surface area contributed by atoms with Crippen LogP contribution < -0.4 is 5.32 Å². The lowest BCUT2D eigenvalue weighted by atomic mass is 9.92. The highest BCUT2D eigenvalue weighted by Crippen LogP contribution is 2.28. The summed E-state index contributed by atoms with van der Waals surface area (Å²) in [6.07, 6.45) is 0.876. The number of nitro benzene ring substituents is 1. The van der Waals surface area contributed by atoms with E-state index >= 15 is 0 Å². The van der Waals surface area contributed by atoms with E-state index in [2.05, 4.69) is 26.1 Å². The van der Waals surface area contributed by atoms with Crippen LogP contribution in [0.25, 0.3) is 0 Å². The van der Waals surface area contributed by atoms with Gasteiger partial charge in [0, 0.05) is 6.54 Å². The second-order valence-corrected chi connectivity index (χ2v) is 5.61. The minimum absolute atomic E-state index is 0.150. The Bertz CT molecular complexity index is 453. The van der Waals surface area contributed by atoms with Gasteiger partial charge in [-0.3, -0.25) is 10.1 Å². The van der Waals surface area contributed by atoms with Gasteiger partial charge in [-0.15, -0.1) is 0 Å². The van der Waals surface area contributed by atoms with Gasteiger partial charge in [0.2, 0.25) is 0 Å². The molecule has 0 aliphatic rings. The van der Waals surface area contributed by atoms with E-state index in [1.54, 1.807) is 6.92 Å². The summed E-state index contributed by atoms with van der Waals surface area (Å²) in [5.74, 6) is -0.553. The predicted molar refractivity (Wildman–Crippen MR) is 70.4 cm³/mol. The molecular formula is C13H19FN2O2. The van der Waals surface area contributed by atoms with E-state index in [1.807, 2.05) is 0 Å². The van der Waals surface area contributed by atoms with Gasteiger partial charge in [-0.05, 0) is 30.4 Å². The van der Waals surface area contributed by atoms with Crippen molar-refractivity contribution in [1.29, 1.82) is 0 Å². The monoisotopic (exact) mass is 254 g/mol. The topological polar surface area (TPSA) is 55.2 Å². The molecule has 100 valence electrons. The molecule has 0 heterocycles. The van der Waals surface area contributed by atoms with E-state index in [1.165, 1.54) is 6.07 Å². The second-order valence-electron chi connectivity index (χ2n) is 5.61. The molecule has 0 saturated carbocycles. The number of halogens is 1. The fraction of sp³-hybridized carbons (Fsp3) is 0.538. The van der Waals surface area contributed by atoms with Crippen LogP contribution in [0.3, 0.4) is 0 Å². The maximum atomic E-state index is 13.3. The SMILES string of the molecule is Cc1cc(NCCC(C)(C)C)c([N+](=O)[O-])cc1F. The summed E-state index contributed by atoms with van der Waals surface area (Å²) < 4.78 is 13.3. The van der Waals surface area contributed by atoms with Crippen LogP contribution in [0.4, 0.5) is 15.8 Å². The zero-order valence-electron chi connectivity index (χ0n) is 11.2. The first-order chi connectivity index (χ1) is 8.20. The Morgan fingerprint density at radius 3 is 2.50 bits per heavy atom. The summed E-state index contributed by atoms with van der Waals surface area (Å²) >= 11 is 0. The van der Waals surface area contributed by atoms with Crippen molar-refractivity contribution < 1.29 is 9.31 Å². The molecule has 0 fully saturated rings. The molecule has 0 bridgehead atoms. The van der Waals surface area contributed by atoms with Gasteiger partial charge in [0.1, 0.15) is 11.5 Å². The second kappa shape index (κ2) is 5.33. The van der Waals surface area contributed by atoms with E-state index in [4.69, 9.17) is 0 Å². The number of anilines is 1. The number of rotatable bonds is 4. The molecule has 18 heavy (non-hydrogen) atoms. The number of nitro groups is 1. The van der Waals surface area contributed by atoms with Crippen LogP contribution in [0.1, 0.15) is 32.8 Å². The lowest BCUT2D eigenvalue weighted by molar-refractivity contribution is -0.384. The number of nitrogens with one attached hydrogen (secondary N) is 1. The molecule has 0 amide bonds. The Morgan fingerprint density at radius 1 is 1.39 bits per heavy atom. The fourth-order valence-corrected chi connectivity index (χ4v) is 1.54. The minimum atomic E-state index is -0.568. The van der Waals surface area contributed by atoms with Gasteiger partial charge >= 0.3 is 0 Å². The van der Waals surface area contributed by atoms with Crippen LogP contribution in [-0.2, 0) is 0 Å². The zero-order chi connectivity index (χ0) is 13.9. The molecule has 1 aromatic rings. The number of aryl methyl sites for hydroxylation is 1. The predicted octanol–water partition coefficient (Wildman–Crippen LogP) is 3.89. The van der Waals surface area contributed by atoms with Crippen molar-refractivity contribution in [1.82, 2.24) is 0 Å². The third kappa shape index (κ3) is 3.98. The van der Waals surface area contributed by atoms with Gasteiger partial charge < -0.3 is 5.32 Å². The molecule has 4 nitrogen and oxygen atoms in total. The number of hydrogen-bond donors (Lipinski definition) is 1. The van der Waals surface area contributed by atoms with Crippen molar-refractivity contribution in [2.45, 2.75) is 34.1 Å². The van der Waals surface area contributed by atoms with Crippen molar-refractivity contribution in [2.24, 2.45) is 5.41 Å². The van der Waals surface area contributed by atoms with Gasteiger partial charge in [-0.1, -0.05) is 20.8 Å². The van der Waals surface area contributed by atoms with Gasteiger partial charge in [-0.2, -0.15) is 0 Å². The maximum absolute atomic E-state index is 13.3. The maximum Gasteiger partial charge on any atom is 0.295 e. The quantitative estimate of drug-likeness (QED) is 0.655. The lowest BCUT2D eigenvalue weighted by Gasteiger charge is -2.18. The van der Waals surface area contributed by atoms with Gasteiger partial charge in [0.25, 0.3) is 5.69 Å². The Labute approximate surface area is 106 Å². The van der Waals surface area contributed by atoms with Crippen molar-refractivity contribution >= 4 is 11.4 Å². The van der Waals surface area contributed by atoms with E-state index in [0.717, 1.165) is 12.5 Å². The molecule has 0 aliphatic carbocycles. The zero-order valence-corrected chi connectivity index (χ0v) is 11.2. The molecule has 1 aromatic carbocycles. The molecular weight excluding hydrogens is 235 g/mol. The molecule has 0 aromatic heterocycles. The highest BCUT2D eigenvalue weighted by molar-refractivity contribution is 5.63. The molecule has 0 spiro atoms. The van der Waals surface area contributed by atoms with Gasteiger partial charge in [0.15, 0.2) is 0 Å². The normalized spacial score (nSPS) is 11.4. The van der Waals surface area contributed by atoms with Crippen LogP contribution in [0.2, 0.25) is 0 Å². The van der Waals surface area contributed by atoms with Crippen LogP contribution in [0.15, 0.2) is 12.1 Å². The summed E-state index contributed by atoms with van der Waals surface area (Å²) in [6, 6.07) is 2.45. The van der Waals surface area contributed by atoms with Crippen molar-refractivity contribution in [2.75, 3.05) is 11.9 Å². The molecule has 5 heteroatoms. The smallest absolute Gasteiger partial charge is 0.295 e. The largest absolute Gasteiger partial charge is 0.379 e. The van der Waals surface area contributed by atoms with Gasteiger partial charge in [-0.25, -0.2) is 4.39 Å². The molecule has 0 aliphatic heterocycles. The first-order valence-corrected chi connectivity index (χ1v) is 5.89. The first-order valence-electron chi connectivity index (χ1n) is 5.89. The Hall–Kier alpha value is -1.65. The van der Waals surface area contributed by atoms with E-state index < -0.39 is 10.7 Å². The van der Waals surface area contributed by atoms with E-state index in [9.17, 15) is 14.5 Å². The molecule has 0 unspecified atom stereocenters. The molecule has 1 N–H and O–H groups in total. The van der Waals surface area contributed by atoms with Crippen LogP contribution in [0.5, 0.6) is 0 Å². The average molecular weight is 254 g/mol. The molecule has 0 radical (unpaired) electrons. The van der Waals surface area contributed by atoms with Crippen LogP contribution in [0, 0.1) is 28.3 Å². The van der Waals surface area contributed by atoms with Crippen LogP contribution in [-0.4, -0.2) is 11.5 Å². The molecule has 0 saturated heterocycles. The molecule has 1 rings (SSSR count). The van der Waals surface area contributed by atoms with E-state index in [0.29, 0.717) is 17.8 Å². The third-order valence-electron chi connectivity index (χ3n) is 2.66. The van der Waals surface area contributed by atoms with Crippen LogP contribution >= 0.6 is 0 Å². The standard InChI is InChI=1S/C13H19FN2O2/c1-9-7-11(15-6-5-13(2,3)4)12(16(17)18)8-10(9)14/h7-8,15H,5-6H2,1-4H3. The number of nitrogens with zero attached hydrogens (tertiary/aromatic N) is 1. The Balaban J connectivity index is 2.87. The third-order valence-corrected chi connectivity index (χ3v) is 2.66. The first kappa shape index (κ1) is 14.4. The number of hydrogen-bond acceptors (Lipinski definition) is 3. The highest BCUT2D eigenvalue weighted by atomic mass is 19.1. The van der Waals surface area contributed by atoms with Crippen molar-refractivity contribution in [3.8, 4) is 0 Å². The Kier molecular flexibility index (Phi) is 4.27. The van der Waals surface area contributed by atoms with E-state index in [-0.39, 0.29) is 11.1 Å². The fourth-order valence-electron chi connectivity index (χ4n) is 1.54. The average Bonchev–Trinajstić information content (AvgIpc) is 2.20. The van der Waals surface area contributed by atoms with Crippen molar-refractivity contribution in [3.63, 3.8) is 0 Å². The summed E-state index contributed by atoms with van der Waals surface area (Å²) in [5, 5.41) is 13.9. The lowest BCUT2D eigenvalue weighted by Crippen LogP contribution is -2.13. The van der Waals surface area contributed by atoms with Gasteiger partial charge in [0.05, 0.1) is 11.0 Å². The summed E-state index contributed by atoms with van der Waals surface area (Å²) in [4.78, 5) is 10.3. The summed E-state index contributed by atoms with van der Waals surface area (Å²) in [6.45, 7) is 8.50.